The number of aromatic carboxylic acids is 1. The van der Waals surface area contributed by atoms with E-state index in [1.165, 1.54) is 0 Å². The van der Waals surface area contributed by atoms with Gasteiger partial charge in [0.15, 0.2) is 6.73 Å². The maximum atomic E-state index is 15.7. The number of methoxy groups -OCH3 is 1. The van der Waals surface area contributed by atoms with Crippen molar-refractivity contribution in [3.8, 4) is 16.9 Å². The highest BCUT2D eigenvalue weighted by atomic mass is 35.5. The van der Waals surface area contributed by atoms with E-state index in [4.69, 9.17) is 25.8 Å². The van der Waals surface area contributed by atoms with Crippen LogP contribution in [-0.2, 0) is 16.0 Å². The molecule has 2 unspecified atom stereocenters. The third-order valence-corrected chi connectivity index (χ3v) is 10.8. The summed E-state index contributed by atoms with van der Waals surface area (Å²) in [5.74, 6) is -1.60. The molecule has 1 saturated carbocycles. The van der Waals surface area contributed by atoms with Gasteiger partial charge < -0.3 is 34.0 Å². The number of hydrogen-bond donors (Lipinski definition) is 1. The number of halogens is 2. The van der Waals surface area contributed by atoms with E-state index >= 15 is 4.39 Å². The molecule has 11 heteroatoms. The molecule has 0 aromatic heterocycles. The van der Waals surface area contributed by atoms with Crippen molar-refractivity contribution in [3.63, 3.8) is 0 Å². The van der Waals surface area contributed by atoms with Crippen molar-refractivity contribution in [2.75, 3.05) is 49.9 Å². The van der Waals surface area contributed by atoms with Crippen LogP contribution in [0.15, 0.2) is 48.5 Å². The Bertz CT molecular complexity index is 1720. The number of carbonyl (C=O) groups is 2. The summed E-state index contributed by atoms with van der Waals surface area (Å²) < 4.78 is 33.0. The molecule has 46 heavy (non-hydrogen) atoms. The van der Waals surface area contributed by atoms with Crippen molar-refractivity contribution in [2.24, 2.45) is 5.41 Å². The highest BCUT2D eigenvalue weighted by Gasteiger charge is 2.52. The number of nitrogens with zero attached hydrogens (tertiary/aromatic N) is 3. The molecular formula is C35H35ClFN3O6. The van der Waals surface area contributed by atoms with Crippen molar-refractivity contribution in [1.82, 2.24) is 4.90 Å². The summed E-state index contributed by atoms with van der Waals surface area (Å²) in [6.45, 7) is 3.17. The Morgan fingerprint density at radius 3 is 2.48 bits per heavy atom. The van der Waals surface area contributed by atoms with Crippen LogP contribution in [0.25, 0.3) is 11.1 Å². The number of rotatable bonds is 6. The zero-order valence-corrected chi connectivity index (χ0v) is 26.3. The van der Waals surface area contributed by atoms with Crippen molar-refractivity contribution in [2.45, 2.75) is 50.4 Å². The minimum absolute atomic E-state index is 0.0362. The molecule has 1 spiro atoms. The summed E-state index contributed by atoms with van der Waals surface area (Å²) >= 11 is 6.66. The van der Waals surface area contributed by atoms with Gasteiger partial charge in [-0.15, -0.1) is 0 Å². The minimum Gasteiger partial charge on any atom is -0.478 e. The average Bonchev–Trinajstić information content (AvgIpc) is 3.25. The Kier molecular flexibility index (Phi) is 7.15. The standard InChI is InChI=1S/C35H35ClFN3O6/c1-44-24-12-35(13-24)17-39(18-35)21-7-8-26(29(36)9-21)33(41)38-14-20-3-2-4-25(32(20)46-19-38)27-11-31(28(34(42)43)10-30(27)37)40-22-5-6-23(40)16-45-15-22/h2-4,7-11,22-24H,5-6,12-19H2,1H3,(H,42,43). The topological polar surface area (TPSA) is 91.8 Å². The van der Waals surface area contributed by atoms with Gasteiger partial charge >= 0.3 is 5.97 Å². The predicted molar refractivity (Wildman–Crippen MR) is 170 cm³/mol. The Labute approximate surface area is 271 Å². The van der Waals surface area contributed by atoms with Gasteiger partial charge in [-0.05, 0) is 56.0 Å². The first-order valence-corrected chi connectivity index (χ1v) is 16.2. The maximum absolute atomic E-state index is 15.7. The molecule has 4 aliphatic heterocycles. The summed E-state index contributed by atoms with van der Waals surface area (Å²) in [5.41, 5.74) is 3.65. The first-order valence-electron chi connectivity index (χ1n) is 15.8. The van der Waals surface area contributed by atoms with Gasteiger partial charge in [-0.1, -0.05) is 29.8 Å². The van der Waals surface area contributed by atoms with Crippen LogP contribution in [0.3, 0.4) is 0 Å². The van der Waals surface area contributed by atoms with E-state index in [9.17, 15) is 14.7 Å². The first kappa shape index (κ1) is 29.5. The zero-order valence-electron chi connectivity index (χ0n) is 25.5. The van der Waals surface area contributed by atoms with Gasteiger partial charge in [-0.25, -0.2) is 9.18 Å². The number of benzene rings is 3. The fraction of sp³-hybridized carbons (Fsp3) is 0.429. The number of carboxylic acids is 1. The second-order valence-corrected chi connectivity index (χ2v) is 13.7. The number of morpholine rings is 1. The number of carboxylic acid groups (broad SMARTS) is 1. The second-order valence-electron chi connectivity index (χ2n) is 13.3. The van der Waals surface area contributed by atoms with Crippen LogP contribution in [-0.4, -0.2) is 80.2 Å². The number of para-hydroxylation sites is 1. The van der Waals surface area contributed by atoms with E-state index in [0.717, 1.165) is 56.1 Å². The molecule has 4 heterocycles. The summed E-state index contributed by atoms with van der Waals surface area (Å²) in [6.07, 6.45) is 4.31. The molecule has 3 aromatic carbocycles. The molecule has 1 amide bonds. The second kappa shape index (κ2) is 11.1. The number of fused-ring (bicyclic) bond motifs is 3. The molecule has 8 rings (SSSR count). The molecule has 1 N–H and O–H groups in total. The lowest BCUT2D eigenvalue weighted by atomic mass is 9.61. The maximum Gasteiger partial charge on any atom is 0.337 e. The Morgan fingerprint density at radius 1 is 1.02 bits per heavy atom. The van der Waals surface area contributed by atoms with Gasteiger partial charge in [0.2, 0.25) is 0 Å². The summed E-state index contributed by atoms with van der Waals surface area (Å²) in [7, 11) is 1.76. The van der Waals surface area contributed by atoms with E-state index in [2.05, 4.69) is 9.80 Å². The molecule has 240 valence electrons. The highest BCUT2D eigenvalue weighted by molar-refractivity contribution is 6.34. The van der Waals surface area contributed by atoms with Crippen LogP contribution >= 0.6 is 11.6 Å². The van der Waals surface area contributed by atoms with Gasteiger partial charge in [0.1, 0.15) is 11.6 Å². The Hall–Kier alpha value is -3.86. The van der Waals surface area contributed by atoms with Crippen LogP contribution in [0.1, 0.15) is 52.0 Å². The predicted octanol–water partition coefficient (Wildman–Crippen LogP) is 5.82. The van der Waals surface area contributed by atoms with Crippen LogP contribution in [0.5, 0.6) is 5.75 Å². The van der Waals surface area contributed by atoms with Crippen molar-refractivity contribution in [3.05, 3.63) is 76.1 Å². The molecule has 3 aromatic rings. The average molecular weight is 648 g/mol. The van der Waals surface area contributed by atoms with Gasteiger partial charge in [-0.3, -0.25) is 4.79 Å². The van der Waals surface area contributed by atoms with Crippen LogP contribution < -0.4 is 14.5 Å². The normalized spacial score (nSPS) is 23.1. The summed E-state index contributed by atoms with van der Waals surface area (Å²) in [4.78, 5) is 31.8. The summed E-state index contributed by atoms with van der Waals surface area (Å²) in [6, 6.07) is 13.8. The zero-order chi connectivity index (χ0) is 31.7. The minimum atomic E-state index is -1.18. The van der Waals surface area contributed by atoms with E-state index in [1.54, 1.807) is 36.3 Å². The lowest BCUT2D eigenvalue weighted by Crippen LogP contribution is -2.64. The van der Waals surface area contributed by atoms with Crippen molar-refractivity contribution in [1.29, 1.82) is 0 Å². The van der Waals surface area contributed by atoms with E-state index in [0.29, 0.717) is 52.3 Å². The monoisotopic (exact) mass is 647 g/mol. The number of hydrogen-bond acceptors (Lipinski definition) is 7. The summed E-state index contributed by atoms with van der Waals surface area (Å²) in [5, 5.41) is 10.4. The molecule has 2 atom stereocenters. The third-order valence-electron chi connectivity index (χ3n) is 10.5. The Balaban J connectivity index is 1.03. The molecule has 2 bridgehead atoms. The van der Waals surface area contributed by atoms with E-state index in [1.807, 2.05) is 18.2 Å². The fourth-order valence-electron chi connectivity index (χ4n) is 8.11. The van der Waals surface area contributed by atoms with Crippen LogP contribution in [0, 0.1) is 11.2 Å². The third kappa shape index (κ3) is 4.80. The molecular weight excluding hydrogens is 613 g/mol. The smallest absolute Gasteiger partial charge is 0.337 e. The van der Waals surface area contributed by atoms with Gasteiger partial charge in [0, 0.05) is 48.0 Å². The quantitative estimate of drug-likeness (QED) is 0.358. The lowest BCUT2D eigenvalue weighted by Gasteiger charge is -2.59. The molecule has 9 nitrogen and oxygen atoms in total. The molecule has 3 saturated heterocycles. The van der Waals surface area contributed by atoms with Crippen LogP contribution in [0.4, 0.5) is 15.8 Å². The fourth-order valence-corrected chi connectivity index (χ4v) is 8.37. The first-order chi connectivity index (χ1) is 22.2. The molecule has 1 aliphatic carbocycles. The Morgan fingerprint density at radius 2 is 1.78 bits per heavy atom. The van der Waals surface area contributed by atoms with Gasteiger partial charge in [0.05, 0.1) is 59.8 Å². The molecule has 4 fully saturated rings. The van der Waals surface area contributed by atoms with Gasteiger partial charge in [-0.2, -0.15) is 0 Å². The SMILES string of the molecule is COC1CC2(C1)CN(c1ccc(C(=O)N3COc4c(cccc4-c4cc(N5C6CCC5COC6)c(C(=O)O)cc4F)C3)c(Cl)c1)C2. The number of carbonyl (C=O) groups excluding carboxylic acids is 1. The lowest BCUT2D eigenvalue weighted by molar-refractivity contribution is -0.0731. The number of anilines is 2. The molecule has 5 aliphatic rings. The van der Waals surface area contributed by atoms with E-state index < -0.39 is 11.8 Å². The van der Waals surface area contributed by atoms with Gasteiger partial charge in [0.25, 0.3) is 5.91 Å². The number of amides is 1. The van der Waals surface area contributed by atoms with Crippen LogP contribution in [0.2, 0.25) is 5.02 Å². The van der Waals surface area contributed by atoms with E-state index in [-0.39, 0.29) is 42.4 Å². The van der Waals surface area contributed by atoms with Crippen molar-refractivity contribution < 1.29 is 33.3 Å². The molecule has 0 radical (unpaired) electrons. The highest BCUT2D eigenvalue weighted by Crippen LogP contribution is 2.51. The van der Waals surface area contributed by atoms with Crippen molar-refractivity contribution >= 4 is 34.9 Å². The largest absolute Gasteiger partial charge is 0.478 e. The number of ether oxygens (including phenoxy) is 3.